The fourth-order valence-electron chi connectivity index (χ4n) is 2.21. The van der Waals surface area contributed by atoms with Crippen LogP contribution in [0.25, 0.3) is 0 Å². The second-order valence-corrected chi connectivity index (χ2v) is 5.23. The number of carboxylic acids is 1. The number of carboxylic acid groups (broad SMARTS) is 1. The summed E-state index contributed by atoms with van der Waals surface area (Å²) in [7, 11) is 0. The smallest absolute Gasteiger partial charge is 0.325 e. The van der Waals surface area contributed by atoms with Crippen LogP contribution in [-0.4, -0.2) is 47.1 Å². The molecule has 1 aliphatic rings. The van der Waals surface area contributed by atoms with Crippen molar-refractivity contribution in [3.05, 3.63) is 28.5 Å². The molecule has 0 saturated carbocycles. The Morgan fingerprint density at radius 3 is 3.00 bits per heavy atom. The van der Waals surface area contributed by atoms with Crippen molar-refractivity contribution in [1.82, 2.24) is 15.2 Å². The minimum absolute atomic E-state index is 0.616. The molecule has 0 bridgehead atoms. The van der Waals surface area contributed by atoms with Crippen LogP contribution in [0, 0.1) is 0 Å². The van der Waals surface area contributed by atoms with Crippen LogP contribution in [0.4, 0.5) is 0 Å². The maximum Gasteiger partial charge on any atom is 0.325 e. The first-order valence-electron chi connectivity index (χ1n) is 5.96. The molecule has 2 N–H and O–H groups in total. The van der Waals surface area contributed by atoms with Gasteiger partial charge in [0.2, 0.25) is 0 Å². The zero-order chi connectivity index (χ0) is 13.0. The Labute approximate surface area is 114 Å². The number of rotatable bonds is 3. The number of nitrogens with one attached hydrogen (secondary N) is 1. The third kappa shape index (κ3) is 3.28. The van der Waals surface area contributed by atoms with E-state index in [4.69, 9.17) is 0 Å². The Morgan fingerprint density at radius 2 is 2.28 bits per heavy atom. The molecule has 0 aliphatic carbocycles. The highest BCUT2D eigenvalue weighted by atomic mass is 79.9. The average Bonchev–Trinajstić information content (AvgIpc) is 2.58. The highest BCUT2D eigenvalue weighted by Crippen LogP contribution is 2.23. The van der Waals surface area contributed by atoms with E-state index in [9.17, 15) is 9.90 Å². The zero-order valence-electron chi connectivity index (χ0n) is 9.97. The van der Waals surface area contributed by atoms with E-state index in [1.54, 1.807) is 12.4 Å². The molecule has 0 radical (unpaired) electrons. The Balaban J connectivity index is 2.24. The van der Waals surface area contributed by atoms with Crippen LogP contribution in [-0.2, 0) is 4.79 Å². The van der Waals surface area contributed by atoms with Gasteiger partial charge in [0.15, 0.2) is 0 Å². The van der Waals surface area contributed by atoms with E-state index in [0.717, 1.165) is 42.6 Å². The first-order chi connectivity index (χ1) is 8.68. The van der Waals surface area contributed by atoms with Crippen LogP contribution < -0.4 is 5.32 Å². The second-order valence-electron chi connectivity index (χ2n) is 4.32. The third-order valence-electron chi connectivity index (χ3n) is 3.02. The van der Waals surface area contributed by atoms with Crippen molar-refractivity contribution in [3.63, 3.8) is 0 Å². The van der Waals surface area contributed by atoms with Crippen molar-refractivity contribution in [2.75, 3.05) is 26.2 Å². The topological polar surface area (TPSA) is 65.5 Å². The Hall–Kier alpha value is -0.980. The molecule has 98 valence electrons. The van der Waals surface area contributed by atoms with E-state index in [0.29, 0.717) is 0 Å². The molecule has 1 aliphatic heterocycles. The van der Waals surface area contributed by atoms with Gasteiger partial charge in [0, 0.05) is 36.5 Å². The van der Waals surface area contributed by atoms with Crippen LogP contribution in [0.5, 0.6) is 0 Å². The molecular formula is C12H16BrN3O2. The summed E-state index contributed by atoms with van der Waals surface area (Å²) in [6.07, 6.45) is 4.25. The van der Waals surface area contributed by atoms with Gasteiger partial charge in [0.1, 0.15) is 6.04 Å². The summed E-state index contributed by atoms with van der Waals surface area (Å²) in [5.74, 6) is -0.822. The number of nitrogens with zero attached hydrogens (tertiary/aromatic N) is 2. The van der Waals surface area contributed by atoms with E-state index in [1.807, 2.05) is 11.0 Å². The van der Waals surface area contributed by atoms with E-state index in [-0.39, 0.29) is 0 Å². The van der Waals surface area contributed by atoms with Crippen LogP contribution in [0.3, 0.4) is 0 Å². The molecular weight excluding hydrogens is 298 g/mol. The monoisotopic (exact) mass is 313 g/mol. The Kier molecular flexibility index (Phi) is 4.68. The molecule has 0 aromatic carbocycles. The van der Waals surface area contributed by atoms with Gasteiger partial charge in [-0.1, -0.05) is 0 Å². The minimum atomic E-state index is -0.822. The maximum absolute atomic E-state index is 11.5. The van der Waals surface area contributed by atoms with Crippen LogP contribution >= 0.6 is 15.9 Å². The summed E-state index contributed by atoms with van der Waals surface area (Å²) in [6.45, 7) is 3.30. The lowest BCUT2D eigenvalue weighted by Crippen LogP contribution is -2.36. The molecule has 0 amide bonds. The molecule has 18 heavy (non-hydrogen) atoms. The van der Waals surface area contributed by atoms with E-state index >= 15 is 0 Å². The lowest BCUT2D eigenvalue weighted by Gasteiger charge is -2.27. The van der Waals surface area contributed by atoms with Gasteiger partial charge in [0.05, 0.1) is 0 Å². The number of pyridine rings is 1. The highest BCUT2D eigenvalue weighted by Gasteiger charge is 2.28. The normalized spacial score (nSPS) is 19.2. The Morgan fingerprint density at radius 1 is 1.44 bits per heavy atom. The van der Waals surface area contributed by atoms with E-state index in [2.05, 4.69) is 26.2 Å². The zero-order valence-corrected chi connectivity index (χ0v) is 11.6. The fraction of sp³-hybridized carbons (Fsp3) is 0.500. The maximum atomic E-state index is 11.5. The third-order valence-corrected chi connectivity index (χ3v) is 3.45. The lowest BCUT2D eigenvalue weighted by atomic mass is 10.1. The quantitative estimate of drug-likeness (QED) is 0.879. The molecule has 5 nitrogen and oxygen atoms in total. The van der Waals surface area contributed by atoms with Gasteiger partial charge in [-0.3, -0.25) is 14.7 Å². The first kappa shape index (κ1) is 13.5. The van der Waals surface area contributed by atoms with Crippen molar-refractivity contribution in [3.8, 4) is 0 Å². The molecule has 2 heterocycles. The van der Waals surface area contributed by atoms with Gasteiger partial charge < -0.3 is 10.4 Å². The number of aliphatic carboxylic acids is 1. The molecule has 6 heteroatoms. The standard InChI is InChI=1S/C12H16BrN3O2/c13-10-6-9(7-15-8-10)11(12(17)18)16-4-1-2-14-3-5-16/h6-8,11,14H,1-5H2,(H,17,18). The molecule has 1 saturated heterocycles. The fourth-order valence-corrected chi connectivity index (χ4v) is 2.59. The van der Waals surface area contributed by atoms with Gasteiger partial charge in [-0.15, -0.1) is 0 Å². The van der Waals surface area contributed by atoms with Crippen molar-refractivity contribution in [2.45, 2.75) is 12.5 Å². The number of carbonyl (C=O) groups is 1. The molecule has 2 rings (SSSR count). The molecule has 1 unspecified atom stereocenters. The second kappa shape index (κ2) is 6.26. The summed E-state index contributed by atoms with van der Waals surface area (Å²) in [5.41, 5.74) is 0.721. The van der Waals surface area contributed by atoms with Crippen molar-refractivity contribution < 1.29 is 9.90 Å². The van der Waals surface area contributed by atoms with Crippen molar-refractivity contribution in [1.29, 1.82) is 0 Å². The number of hydrogen-bond acceptors (Lipinski definition) is 4. The van der Waals surface area contributed by atoms with E-state index in [1.165, 1.54) is 0 Å². The summed E-state index contributed by atoms with van der Waals surface area (Å²) in [5, 5.41) is 12.7. The van der Waals surface area contributed by atoms with Crippen molar-refractivity contribution in [2.24, 2.45) is 0 Å². The summed E-state index contributed by atoms with van der Waals surface area (Å²) >= 11 is 3.33. The predicted molar refractivity (Wildman–Crippen MR) is 71.4 cm³/mol. The van der Waals surface area contributed by atoms with E-state index < -0.39 is 12.0 Å². The predicted octanol–water partition coefficient (Wildman–Crippen LogP) is 1.27. The molecule has 1 aromatic rings. The van der Waals surface area contributed by atoms with Crippen molar-refractivity contribution >= 4 is 21.9 Å². The first-order valence-corrected chi connectivity index (χ1v) is 6.76. The van der Waals surface area contributed by atoms with Crippen LogP contribution in [0.1, 0.15) is 18.0 Å². The summed E-state index contributed by atoms with van der Waals surface area (Å²) in [4.78, 5) is 17.6. The average molecular weight is 314 g/mol. The SMILES string of the molecule is O=C(O)C(c1cncc(Br)c1)N1CCCNCC1. The van der Waals surface area contributed by atoms with Crippen LogP contribution in [0.15, 0.2) is 22.9 Å². The van der Waals surface area contributed by atoms with Gasteiger partial charge in [-0.2, -0.15) is 0 Å². The van der Waals surface area contributed by atoms with Gasteiger partial charge in [0.25, 0.3) is 0 Å². The number of aromatic nitrogens is 1. The molecule has 1 aromatic heterocycles. The summed E-state index contributed by atoms with van der Waals surface area (Å²) < 4.78 is 0.805. The molecule has 1 atom stereocenters. The molecule has 0 spiro atoms. The minimum Gasteiger partial charge on any atom is -0.480 e. The Bertz CT molecular complexity index is 420. The highest BCUT2D eigenvalue weighted by molar-refractivity contribution is 9.10. The largest absolute Gasteiger partial charge is 0.480 e. The van der Waals surface area contributed by atoms with Gasteiger partial charge >= 0.3 is 5.97 Å². The van der Waals surface area contributed by atoms with Gasteiger partial charge in [-0.25, -0.2) is 0 Å². The number of halogens is 1. The number of hydrogen-bond donors (Lipinski definition) is 2. The lowest BCUT2D eigenvalue weighted by molar-refractivity contribution is -0.143. The van der Waals surface area contributed by atoms with Crippen LogP contribution in [0.2, 0.25) is 0 Å². The molecule has 1 fully saturated rings. The summed E-state index contributed by atoms with van der Waals surface area (Å²) in [6, 6.07) is 1.21. The van der Waals surface area contributed by atoms with Gasteiger partial charge in [-0.05, 0) is 40.5 Å².